The second-order valence-corrected chi connectivity index (χ2v) is 3.14. The highest BCUT2D eigenvalue weighted by atomic mass is 19.1. The SMILES string of the molecule is CC[C@](N)(C(=O)O)c1cccc(F)c1. The van der Waals surface area contributed by atoms with Gasteiger partial charge < -0.3 is 10.8 Å². The van der Waals surface area contributed by atoms with Crippen LogP contribution in [0.2, 0.25) is 0 Å². The maximum Gasteiger partial charge on any atom is 0.328 e. The van der Waals surface area contributed by atoms with Crippen molar-refractivity contribution in [1.29, 1.82) is 0 Å². The van der Waals surface area contributed by atoms with Crippen LogP contribution in [0.3, 0.4) is 0 Å². The monoisotopic (exact) mass is 197 g/mol. The third-order valence-corrected chi connectivity index (χ3v) is 2.28. The van der Waals surface area contributed by atoms with E-state index >= 15 is 0 Å². The van der Waals surface area contributed by atoms with Gasteiger partial charge in [0, 0.05) is 0 Å². The van der Waals surface area contributed by atoms with E-state index < -0.39 is 17.3 Å². The van der Waals surface area contributed by atoms with Crippen LogP contribution >= 0.6 is 0 Å². The summed E-state index contributed by atoms with van der Waals surface area (Å²) in [4.78, 5) is 10.9. The molecular weight excluding hydrogens is 185 g/mol. The van der Waals surface area contributed by atoms with Gasteiger partial charge in [0.1, 0.15) is 11.4 Å². The van der Waals surface area contributed by atoms with E-state index in [0.29, 0.717) is 0 Å². The molecule has 0 amide bonds. The van der Waals surface area contributed by atoms with E-state index in [2.05, 4.69) is 0 Å². The number of halogens is 1. The van der Waals surface area contributed by atoms with Crippen molar-refractivity contribution in [2.75, 3.05) is 0 Å². The molecule has 3 nitrogen and oxygen atoms in total. The maximum absolute atomic E-state index is 12.8. The standard InChI is InChI=1S/C10H12FNO2/c1-2-10(12,9(13)14)7-4-3-5-8(11)6-7/h3-6H,2,12H2,1H3,(H,13,14)/t10-/m1/s1. The molecule has 0 spiro atoms. The van der Waals surface area contributed by atoms with Gasteiger partial charge in [-0.3, -0.25) is 0 Å². The van der Waals surface area contributed by atoms with Crippen LogP contribution in [0.1, 0.15) is 18.9 Å². The zero-order valence-corrected chi connectivity index (χ0v) is 7.83. The summed E-state index contributed by atoms with van der Waals surface area (Å²) >= 11 is 0. The summed E-state index contributed by atoms with van der Waals surface area (Å²) < 4.78 is 12.8. The Hall–Kier alpha value is -1.42. The van der Waals surface area contributed by atoms with Crippen LogP contribution < -0.4 is 5.73 Å². The number of rotatable bonds is 3. The highest BCUT2D eigenvalue weighted by Crippen LogP contribution is 2.22. The lowest BCUT2D eigenvalue weighted by Crippen LogP contribution is -2.44. The predicted molar refractivity (Wildman–Crippen MR) is 50.2 cm³/mol. The van der Waals surface area contributed by atoms with Crippen LogP contribution in [0.5, 0.6) is 0 Å². The fourth-order valence-electron chi connectivity index (χ4n) is 1.24. The molecule has 1 atom stereocenters. The molecule has 0 heterocycles. The van der Waals surface area contributed by atoms with Crippen LogP contribution in [0.25, 0.3) is 0 Å². The van der Waals surface area contributed by atoms with Gasteiger partial charge in [0.2, 0.25) is 0 Å². The minimum Gasteiger partial charge on any atom is -0.480 e. The van der Waals surface area contributed by atoms with Gasteiger partial charge in [0.05, 0.1) is 0 Å². The highest BCUT2D eigenvalue weighted by Gasteiger charge is 2.34. The Morgan fingerprint density at radius 2 is 2.29 bits per heavy atom. The van der Waals surface area contributed by atoms with Crippen LogP contribution in [0.15, 0.2) is 24.3 Å². The second kappa shape index (κ2) is 3.75. The first-order valence-electron chi connectivity index (χ1n) is 4.29. The molecule has 0 saturated carbocycles. The van der Waals surface area contributed by atoms with Crippen LogP contribution in [-0.2, 0) is 10.3 Å². The number of carboxylic acids is 1. The molecule has 1 aromatic carbocycles. The topological polar surface area (TPSA) is 63.3 Å². The first kappa shape index (κ1) is 10.7. The van der Waals surface area contributed by atoms with Crippen LogP contribution in [0.4, 0.5) is 4.39 Å². The molecule has 0 aliphatic carbocycles. The fraction of sp³-hybridized carbons (Fsp3) is 0.300. The highest BCUT2D eigenvalue weighted by molar-refractivity contribution is 5.80. The lowest BCUT2D eigenvalue weighted by molar-refractivity contribution is -0.143. The van der Waals surface area contributed by atoms with Crippen molar-refractivity contribution >= 4 is 5.97 Å². The quantitative estimate of drug-likeness (QED) is 0.771. The molecule has 0 aliphatic heterocycles. The molecule has 0 aromatic heterocycles. The number of aliphatic carboxylic acids is 1. The second-order valence-electron chi connectivity index (χ2n) is 3.14. The van der Waals surface area contributed by atoms with E-state index in [1.165, 1.54) is 18.2 Å². The van der Waals surface area contributed by atoms with Crippen molar-refractivity contribution in [3.8, 4) is 0 Å². The first-order chi connectivity index (χ1) is 6.50. The summed E-state index contributed by atoms with van der Waals surface area (Å²) in [5.41, 5.74) is 4.45. The van der Waals surface area contributed by atoms with Gasteiger partial charge in [-0.25, -0.2) is 9.18 Å². The molecule has 0 unspecified atom stereocenters. The Morgan fingerprint density at radius 1 is 1.64 bits per heavy atom. The van der Waals surface area contributed by atoms with Crippen molar-refractivity contribution in [2.24, 2.45) is 5.73 Å². The number of benzene rings is 1. The van der Waals surface area contributed by atoms with Crippen molar-refractivity contribution < 1.29 is 14.3 Å². The maximum atomic E-state index is 12.8. The smallest absolute Gasteiger partial charge is 0.328 e. The van der Waals surface area contributed by atoms with Gasteiger partial charge in [0.15, 0.2) is 0 Å². The van der Waals surface area contributed by atoms with Crippen molar-refractivity contribution in [3.05, 3.63) is 35.6 Å². The lowest BCUT2D eigenvalue weighted by atomic mass is 9.88. The van der Waals surface area contributed by atoms with Crippen molar-refractivity contribution in [1.82, 2.24) is 0 Å². The predicted octanol–water partition coefficient (Wildman–Crippen LogP) is 1.47. The largest absolute Gasteiger partial charge is 0.480 e. The molecule has 4 heteroatoms. The molecule has 14 heavy (non-hydrogen) atoms. The van der Waals surface area contributed by atoms with Gasteiger partial charge in [-0.15, -0.1) is 0 Å². The average Bonchev–Trinajstić information content (AvgIpc) is 2.16. The summed E-state index contributed by atoms with van der Waals surface area (Å²) in [7, 11) is 0. The Bertz CT molecular complexity index is 354. The van der Waals surface area contributed by atoms with E-state index in [-0.39, 0.29) is 12.0 Å². The average molecular weight is 197 g/mol. The van der Waals surface area contributed by atoms with Crippen LogP contribution in [0, 0.1) is 5.82 Å². The number of nitrogens with two attached hydrogens (primary N) is 1. The summed E-state index contributed by atoms with van der Waals surface area (Å²) in [5, 5.41) is 8.93. The molecule has 0 radical (unpaired) electrons. The minimum atomic E-state index is -1.50. The molecule has 0 saturated heterocycles. The number of carboxylic acid groups (broad SMARTS) is 1. The number of hydrogen-bond donors (Lipinski definition) is 2. The third-order valence-electron chi connectivity index (χ3n) is 2.28. The van der Waals surface area contributed by atoms with Gasteiger partial charge >= 0.3 is 5.97 Å². The van der Waals surface area contributed by atoms with Gasteiger partial charge in [-0.1, -0.05) is 19.1 Å². The Morgan fingerprint density at radius 3 is 2.71 bits per heavy atom. The fourth-order valence-corrected chi connectivity index (χ4v) is 1.24. The zero-order chi connectivity index (χ0) is 10.8. The lowest BCUT2D eigenvalue weighted by Gasteiger charge is -2.23. The Kier molecular flexibility index (Phi) is 2.86. The van der Waals surface area contributed by atoms with E-state index in [0.717, 1.165) is 6.07 Å². The normalized spacial score (nSPS) is 14.8. The van der Waals surface area contributed by atoms with Crippen molar-refractivity contribution in [2.45, 2.75) is 18.9 Å². The van der Waals surface area contributed by atoms with E-state index in [4.69, 9.17) is 10.8 Å². The molecule has 0 fully saturated rings. The molecule has 3 N–H and O–H groups in total. The Balaban J connectivity index is 3.19. The van der Waals surface area contributed by atoms with E-state index in [1.54, 1.807) is 6.92 Å². The number of hydrogen-bond acceptors (Lipinski definition) is 2. The number of carbonyl (C=O) groups is 1. The van der Waals surface area contributed by atoms with Gasteiger partial charge in [-0.2, -0.15) is 0 Å². The molecule has 0 aliphatic rings. The van der Waals surface area contributed by atoms with Crippen LogP contribution in [-0.4, -0.2) is 11.1 Å². The van der Waals surface area contributed by atoms with E-state index in [1.807, 2.05) is 0 Å². The van der Waals surface area contributed by atoms with Gasteiger partial charge in [0.25, 0.3) is 0 Å². The minimum absolute atomic E-state index is 0.214. The third kappa shape index (κ3) is 1.75. The zero-order valence-electron chi connectivity index (χ0n) is 7.83. The van der Waals surface area contributed by atoms with Crippen molar-refractivity contribution in [3.63, 3.8) is 0 Å². The first-order valence-corrected chi connectivity index (χ1v) is 4.29. The van der Waals surface area contributed by atoms with Gasteiger partial charge in [-0.05, 0) is 24.1 Å². The van der Waals surface area contributed by atoms with E-state index in [9.17, 15) is 9.18 Å². The Labute approximate surface area is 81.4 Å². The summed E-state index contributed by atoms with van der Waals surface area (Å²) in [6, 6.07) is 5.37. The molecule has 1 aromatic rings. The molecular formula is C10H12FNO2. The molecule has 1 rings (SSSR count). The summed E-state index contributed by atoms with van der Waals surface area (Å²) in [5.74, 6) is -1.63. The summed E-state index contributed by atoms with van der Waals surface area (Å²) in [6.45, 7) is 1.65. The summed E-state index contributed by atoms with van der Waals surface area (Å²) in [6.07, 6.45) is 0.214. The molecule has 76 valence electrons. The molecule has 0 bridgehead atoms.